The molecule has 2 aliphatic heterocycles. The number of hydrogen-bond acceptors (Lipinski definition) is 6. The van der Waals surface area contributed by atoms with Gasteiger partial charge < -0.3 is 19.7 Å². The SMILES string of the molecule is O=C(CN1CCN(c2ccccn2)CC1)Nc1ccc2c(c1)OC(F)(F)O2. The Morgan fingerprint density at radius 2 is 1.89 bits per heavy atom. The van der Waals surface area contributed by atoms with Gasteiger partial charge in [0.2, 0.25) is 5.91 Å². The summed E-state index contributed by atoms with van der Waals surface area (Å²) >= 11 is 0. The number of carbonyl (C=O) groups is 1. The van der Waals surface area contributed by atoms with Crippen LogP contribution >= 0.6 is 0 Å². The molecule has 0 unspecified atom stereocenters. The maximum Gasteiger partial charge on any atom is 0.586 e. The van der Waals surface area contributed by atoms with Gasteiger partial charge in [0.1, 0.15) is 5.82 Å². The highest BCUT2D eigenvalue weighted by atomic mass is 19.3. The van der Waals surface area contributed by atoms with E-state index in [1.165, 1.54) is 18.2 Å². The van der Waals surface area contributed by atoms with Crippen LogP contribution in [0.1, 0.15) is 0 Å². The van der Waals surface area contributed by atoms with E-state index in [1.807, 2.05) is 23.1 Å². The van der Waals surface area contributed by atoms with Crippen LogP contribution in [0.5, 0.6) is 11.5 Å². The molecule has 0 bridgehead atoms. The zero-order chi connectivity index (χ0) is 18.9. The van der Waals surface area contributed by atoms with Crippen molar-refractivity contribution in [3.8, 4) is 11.5 Å². The Labute approximate surface area is 154 Å². The molecule has 2 aromatic rings. The molecule has 142 valence electrons. The highest BCUT2D eigenvalue weighted by Gasteiger charge is 2.43. The monoisotopic (exact) mass is 376 g/mol. The van der Waals surface area contributed by atoms with Crippen LogP contribution in [0.3, 0.4) is 0 Å². The van der Waals surface area contributed by atoms with E-state index in [0.29, 0.717) is 5.69 Å². The highest BCUT2D eigenvalue weighted by Crippen LogP contribution is 2.42. The van der Waals surface area contributed by atoms with Crippen molar-refractivity contribution in [1.29, 1.82) is 0 Å². The van der Waals surface area contributed by atoms with Crippen molar-refractivity contribution in [2.75, 3.05) is 42.9 Å². The lowest BCUT2D eigenvalue weighted by Gasteiger charge is -2.34. The number of anilines is 2. The summed E-state index contributed by atoms with van der Waals surface area (Å²) in [5.74, 6) is 0.566. The van der Waals surface area contributed by atoms with E-state index in [4.69, 9.17) is 0 Å². The molecule has 4 rings (SSSR count). The minimum absolute atomic E-state index is 0.0522. The van der Waals surface area contributed by atoms with Crippen molar-refractivity contribution in [3.63, 3.8) is 0 Å². The zero-order valence-electron chi connectivity index (χ0n) is 14.4. The summed E-state index contributed by atoms with van der Waals surface area (Å²) in [7, 11) is 0. The second-order valence-electron chi connectivity index (χ2n) is 6.33. The molecule has 9 heteroatoms. The topological polar surface area (TPSA) is 66.9 Å². The average molecular weight is 376 g/mol. The van der Waals surface area contributed by atoms with Gasteiger partial charge in [-0.1, -0.05) is 6.07 Å². The van der Waals surface area contributed by atoms with Gasteiger partial charge >= 0.3 is 6.29 Å². The molecule has 3 heterocycles. The largest absolute Gasteiger partial charge is 0.586 e. The van der Waals surface area contributed by atoms with E-state index in [2.05, 4.69) is 24.7 Å². The minimum atomic E-state index is -3.67. The number of alkyl halides is 2. The Morgan fingerprint density at radius 1 is 1.11 bits per heavy atom. The molecule has 1 N–H and O–H groups in total. The number of fused-ring (bicyclic) bond motifs is 1. The molecule has 1 saturated heterocycles. The maximum absolute atomic E-state index is 13.0. The van der Waals surface area contributed by atoms with E-state index in [1.54, 1.807) is 6.20 Å². The number of nitrogens with one attached hydrogen (secondary N) is 1. The second-order valence-corrected chi connectivity index (χ2v) is 6.33. The average Bonchev–Trinajstić information content (AvgIpc) is 2.96. The van der Waals surface area contributed by atoms with Crippen LogP contribution in [0, 0.1) is 0 Å². The number of amides is 1. The first-order valence-electron chi connectivity index (χ1n) is 8.57. The van der Waals surface area contributed by atoms with Crippen LogP contribution in [-0.4, -0.2) is 54.8 Å². The Hall–Kier alpha value is -2.94. The Kier molecular flexibility index (Phi) is 4.53. The number of halogens is 2. The highest BCUT2D eigenvalue weighted by molar-refractivity contribution is 5.92. The quantitative estimate of drug-likeness (QED) is 0.882. The van der Waals surface area contributed by atoms with Gasteiger partial charge in [-0.05, 0) is 24.3 Å². The van der Waals surface area contributed by atoms with E-state index < -0.39 is 6.29 Å². The molecule has 0 aliphatic carbocycles. The van der Waals surface area contributed by atoms with E-state index in [-0.39, 0.29) is 24.0 Å². The summed E-state index contributed by atoms with van der Waals surface area (Å²) in [5.41, 5.74) is 0.382. The number of nitrogens with zero attached hydrogens (tertiary/aromatic N) is 3. The first-order valence-corrected chi connectivity index (χ1v) is 8.57. The number of hydrogen-bond donors (Lipinski definition) is 1. The lowest BCUT2D eigenvalue weighted by Crippen LogP contribution is -2.48. The summed E-state index contributed by atoms with van der Waals surface area (Å²) in [6, 6.07) is 9.96. The van der Waals surface area contributed by atoms with Crippen molar-refractivity contribution in [2.45, 2.75) is 6.29 Å². The van der Waals surface area contributed by atoms with Crippen LogP contribution in [0.25, 0.3) is 0 Å². The standard InChI is InChI=1S/C18H18F2N4O3/c19-18(20)26-14-5-4-13(11-15(14)27-18)22-17(25)12-23-7-9-24(10-8-23)16-3-1-2-6-21-16/h1-6,11H,7-10,12H2,(H,22,25). The van der Waals surface area contributed by atoms with Gasteiger partial charge in [-0.3, -0.25) is 9.69 Å². The van der Waals surface area contributed by atoms with E-state index in [0.717, 1.165) is 32.0 Å². The predicted octanol–water partition coefficient (Wildman–Crippen LogP) is 2.16. The molecule has 0 atom stereocenters. The van der Waals surface area contributed by atoms with Crippen LogP contribution in [0.15, 0.2) is 42.6 Å². The van der Waals surface area contributed by atoms with Gasteiger partial charge in [0.05, 0.1) is 6.54 Å². The second kappa shape index (κ2) is 6.99. The summed E-state index contributed by atoms with van der Waals surface area (Å²) in [6.07, 6.45) is -1.91. The molecule has 1 amide bonds. The molecular formula is C18H18F2N4O3. The van der Waals surface area contributed by atoms with Gasteiger partial charge in [-0.15, -0.1) is 8.78 Å². The number of piperazine rings is 1. The molecular weight excluding hydrogens is 358 g/mol. The Bertz CT molecular complexity index is 827. The third kappa shape index (κ3) is 4.08. The van der Waals surface area contributed by atoms with Crippen molar-refractivity contribution in [2.24, 2.45) is 0 Å². The molecule has 1 aromatic heterocycles. The van der Waals surface area contributed by atoms with Gasteiger partial charge in [-0.25, -0.2) is 4.98 Å². The van der Waals surface area contributed by atoms with Gasteiger partial charge in [0.25, 0.3) is 0 Å². The van der Waals surface area contributed by atoms with Gasteiger partial charge in [0, 0.05) is 44.1 Å². The minimum Gasteiger partial charge on any atom is -0.395 e. The fraction of sp³-hybridized carbons (Fsp3) is 0.333. The van der Waals surface area contributed by atoms with E-state index >= 15 is 0 Å². The first-order chi connectivity index (χ1) is 13.0. The fourth-order valence-electron chi connectivity index (χ4n) is 3.11. The number of pyridine rings is 1. The van der Waals surface area contributed by atoms with Crippen LogP contribution in [0.4, 0.5) is 20.3 Å². The smallest absolute Gasteiger partial charge is 0.395 e. The number of benzene rings is 1. The Balaban J connectivity index is 1.28. The number of ether oxygens (including phenoxy) is 2. The lowest BCUT2D eigenvalue weighted by molar-refractivity contribution is -0.286. The molecule has 0 radical (unpaired) electrons. The normalized spacial score (nSPS) is 18.4. The molecule has 0 saturated carbocycles. The van der Waals surface area contributed by atoms with Crippen LogP contribution < -0.4 is 19.7 Å². The Morgan fingerprint density at radius 3 is 2.63 bits per heavy atom. The predicted molar refractivity (Wildman–Crippen MR) is 94.2 cm³/mol. The maximum atomic E-state index is 13.0. The number of aromatic nitrogens is 1. The van der Waals surface area contributed by atoms with Gasteiger partial charge in [-0.2, -0.15) is 0 Å². The van der Waals surface area contributed by atoms with Crippen molar-refractivity contribution < 1.29 is 23.0 Å². The van der Waals surface area contributed by atoms with Crippen LogP contribution in [-0.2, 0) is 4.79 Å². The molecule has 1 aromatic carbocycles. The van der Waals surface area contributed by atoms with Crippen molar-refractivity contribution in [3.05, 3.63) is 42.6 Å². The lowest BCUT2D eigenvalue weighted by atomic mass is 10.2. The molecule has 7 nitrogen and oxygen atoms in total. The summed E-state index contributed by atoms with van der Waals surface area (Å²) in [6.45, 7) is 3.25. The zero-order valence-corrected chi connectivity index (χ0v) is 14.4. The molecule has 0 spiro atoms. The summed E-state index contributed by atoms with van der Waals surface area (Å²) in [4.78, 5) is 20.8. The van der Waals surface area contributed by atoms with E-state index in [9.17, 15) is 13.6 Å². The van der Waals surface area contributed by atoms with Crippen LogP contribution in [0.2, 0.25) is 0 Å². The summed E-state index contributed by atoms with van der Waals surface area (Å²) < 4.78 is 34.8. The third-order valence-corrected chi connectivity index (χ3v) is 4.40. The van der Waals surface area contributed by atoms with Gasteiger partial charge in [0.15, 0.2) is 11.5 Å². The van der Waals surface area contributed by atoms with Crippen molar-refractivity contribution in [1.82, 2.24) is 9.88 Å². The number of carbonyl (C=O) groups excluding carboxylic acids is 1. The first kappa shape index (κ1) is 17.5. The summed E-state index contributed by atoms with van der Waals surface area (Å²) in [5, 5.41) is 2.70. The number of rotatable bonds is 4. The molecule has 1 fully saturated rings. The fourth-order valence-corrected chi connectivity index (χ4v) is 3.11. The van der Waals surface area contributed by atoms with Crippen molar-refractivity contribution >= 4 is 17.4 Å². The molecule has 27 heavy (non-hydrogen) atoms. The molecule has 2 aliphatic rings. The third-order valence-electron chi connectivity index (χ3n) is 4.40.